The Morgan fingerprint density at radius 2 is 1.72 bits per heavy atom. The minimum Gasteiger partial charge on any atom is -0.322 e. The molecule has 3 N–H and O–H groups in total. The molecular formula is C19H21ClN2O3. The van der Waals surface area contributed by atoms with Crippen molar-refractivity contribution in [2.75, 3.05) is 5.32 Å². The van der Waals surface area contributed by atoms with Gasteiger partial charge in [0.05, 0.1) is 0 Å². The van der Waals surface area contributed by atoms with Gasteiger partial charge in [-0.15, -0.1) is 0 Å². The number of hydroxylamine groups is 1. The Labute approximate surface area is 152 Å². The highest BCUT2D eigenvalue weighted by atomic mass is 35.5. The zero-order valence-corrected chi connectivity index (χ0v) is 14.7. The van der Waals surface area contributed by atoms with Crippen molar-refractivity contribution in [1.82, 2.24) is 5.48 Å². The van der Waals surface area contributed by atoms with E-state index in [9.17, 15) is 9.59 Å². The largest absolute Gasteiger partial charge is 0.322 e. The van der Waals surface area contributed by atoms with E-state index in [-0.39, 0.29) is 11.8 Å². The molecule has 2 rings (SSSR count). The summed E-state index contributed by atoms with van der Waals surface area (Å²) in [5, 5.41) is 11.9. The molecule has 0 radical (unpaired) electrons. The number of hydrogen-bond donors (Lipinski definition) is 3. The standard InChI is InChI=1S/C19H21ClN2O3/c1-13(2-11-18(23)22-25)12-14-3-9-17(10-4-14)21-19(24)15-5-7-16(20)8-6-15/h3-10,13,25H,2,11-12H2,1H3,(H,21,24)(H,22,23). The number of halogens is 1. The molecular weight excluding hydrogens is 340 g/mol. The second kappa shape index (κ2) is 9.20. The van der Waals surface area contributed by atoms with Crippen molar-refractivity contribution >= 4 is 29.1 Å². The van der Waals surface area contributed by atoms with Crippen LogP contribution in [0.5, 0.6) is 0 Å². The van der Waals surface area contributed by atoms with Gasteiger partial charge in [0.15, 0.2) is 0 Å². The second-order valence-corrected chi connectivity index (χ2v) is 6.48. The van der Waals surface area contributed by atoms with E-state index in [1.807, 2.05) is 24.3 Å². The van der Waals surface area contributed by atoms with Crippen molar-refractivity contribution in [2.45, 2.75) is 26.2 Å². The van der Waals surface area contributed by atoms with E-state index < -0.39 is 0 Å². The van der Waals surface area contributed by atoms with Crippen LogP contribution < -0.4 is 10.8 Å². The van der Waals surface area contributed by atoms with Crippen LogP contribution in [0.15, 0.2) is 48.5 Å². The molecule has 1 atom stereocenters. The summed E-state index contributed by atoms with van der Waals surface area (Å²) in [5.41, 5.74) is 4.03. The Bertz CT molecular complexity index is 714. The van der Waals surface area contributed by atoms with Crippen LogP contribution in [0.3, 0.4) is 0 Å². The molecule has 25 heavy (non-hydrogen) atoms. The van der Waals surface area contributed by atoms with Crippen LogP contribution in [-0.4, -0.2) is 17.0 Å². The van der Waals surface area contributed by atoms with Gasteiger partial charge in [-0.25, -0.2) is 5.48 Å². The van der Waals surface area contributed by atoms with Crippen molar-refractivity contribution in [3.63, 3.8) is 0 Å². The van der Waals surface area contributed by atoms with E-state index in [0.29, 0.717) is 29.3 Å². The van der Waals surface area contributed by atoms with Crippen molar-refractivity contribution < 1.29 is 14.8 Å². The van der Waals surface area contributed by atoms with Gasteiger partial charge in [0.2, 0.25) is 5.91 Å². The Morgan fingerprint density at radius 1 is 1.08 bits per heavy atom. The molecule has 0 aliphatic rings. The van der Waals surface area contributed by atoms with Gasteiger partial charge in [-0.2, -0.15) is 0 Å². The number of carbonyl (C=O) groups excluding carboxylic acids is 2. The minimum atomic E-state index is -0.368. The monoisotopic (exact) mass is 360 g/mol. The van der Waals surface area contributed by atoms with Crippen LogP contribution in [0.25, 0.3) is 0 Å². The summed E-state index contributed by atoms with van der Waals surface area (Å²) in [7, 11) is 0. The molecule has 2 amide bonds. The molecule has 0 saturated carbocycles. The Hall–Kier alpha value is -2.37. The fraction of sp³-hybridized carbons (Fsp3) is 0.263. The number of nitrogens with one attached hydrogen (secondary N) is 2. The highest BCUT2D eigenvalue weighted by molar-refractivity contribution is 6.30. The molecule has 0 fully saturated rings. The van der Waals surface area contributed by atoms with Gasteiger partial charge in [-0.3, -0.25) is 14.8 Å². The lowest BCUT2D eigenvalue weighted by atomic mass is 9.96. The fourth-order valence-corrected chi connectivity index (χ4v) is 2.59. The number of carbonyl (C=O) groups is 2. The normalized spacial score (nSPS) is 11.6. The Morgan fingerprint density at radius 3 is 2.32 bits per heavy atom. The Kier molecular flexibility index (Phi) is 6.98. The van der Waals surface area contributed by atoms with Crippen molar-refractivity contribution in [1.29, 1.82) is 0 Å². The van der Waals surface area contributed by atoms with Crippen molar-refractivity contribution in [3.8, 4) is 0 Å². The molecule has 0 aliphatic carbocycles. The average Bonchev–Trinajstić information content (AvgIpc) is 2.61. The van der Waals surface area contributed by atoms with Gasteiger partial charge >= 0.3 is 0 Å². The molecule has 132 valence electrons. The maximum absolute atomic E-state index is 12.2. The van der Waals surface area contributed by atoms with Crippen molar-refractivity contribution in [2.24, 2.45) is 5.92 Å². The third kappa shape index (κ3) is 6.21. The minimum absolute atomic E-state index is 0.187. The third-order valence-corrected chi connectivity index (χ3v) is 4.14. The predicted octanol–water partition coefficient (Wildman–Crippen LogP) is 4.06. The molecule has 0 bridgehead atoms. The molecule has 0 aliphatic heterocycles. The molecule has 6 heteroatoms. The summed E-state index contributed by atoms with van der Waals surface area (Å²) >= 11 is 5.82. The second-order valence-electron chi connectivity index (χ2n) is 6.04. The first kappa shape index (κ1) is 19.0. The fourth-order valence-electron chi connectivity index (χ4n) is 2.47. The first-order valence-electron chi connectivity index (χ1n) is 8.06. The molecule has 2 aromatic carbocycles. The zero-order valence-electron chi connectivity index (χ0n) is 14.0. The van der Waals surface area contributed by atoms with E-state index >= 15 is 0 Å². The highest BCUT2D eigenvalue weighted by Gasteiger charge is 2.09. The number of anilines is 1. The molecule has 0 heterocycles. The molecule has 0 saturated heterocycles. The summed E-state index contributed by atoms with van der Waals surface area (Å²) in [6.07, 6.45) is 1.82. The SMILES string of the molecule is CC(CCC(=O)NO)Cc1ccc(NC(=O)c2ccc(Cl)cc2)cc1. The van der Waals surface area contributed by atoms with E-state index in [0.717, 1.165) is 17.7 Å². The number of amides is 2. The Balaban J connectivity index is 1.87. The van der Waals surface area contributed by atoms with Crippen LogP contribution in [0, 0.1) is 5.92 Å². The maximum Gasteiger partial charge on any atom is 0.255 e. The number of benzene rings is 2. The van der Waals surface area contributed by atoms with Gasteiger partial charge in [0.25, 0.3) is 5.91 Å². The van der Waals surface area contributed by atoms with Gasteiger partial charge in [-0.1, -0.05) is 30.7 Å². The quantitative estimate of drug-likeness (QED) is 0.514. The van der Waals surface area contributed by atoms with E-state index in [1.165, 1.54) is 0 Å². The topological polar surface area (TPSA) is 78.4 Å². The van der Waals surface area contributed by atoms with E-state index in [2.05, 4.69) is 12.2 Å². The van der Waals surface area contributed by atoms with Gasteiger partial charge in [0, 0.05) is 22.7 Å². The van der Waals surface area contributed by atoms with Gasteiger partial charge in [-0.05, 0) is 60.7 Å². The maximum atomic E-state index is 12.2. The lowest BCUT2D eigenvalue weighted by Crippen LogP contribution is -2.19. The molecule has 2 aromatic rings. The molecule has 5 nitrogen and oxygen atoms in total. The van der Waals surface area contributed by atoms with Crippen molar-refractivity contribution in [3.05, 3.63) is 64.7 Å². The first-order valence-corrected chi connectivity index (χ1v) is 8.44. The average molecular weight is 361 g/mol. The van der Waals surface area contributed by atoms with E-state index in [1.54, 1.807) is 29.7 Å². The summed E-state index contributed by atoms with van der Waals surface area (Å²) in [6.45, 7) is 2.06. The summed E-state index contributed by atoms with van der Waals surface area (Å²) in [5.74, 6) is -0.244. The van der Waals surface area contributed by atoms with E-state index in [4.69, 9.17) is 16.8 Å². The molecule has 1 unspecified atom stereocenters. The van der Waals surface area contributed by atoms with Crippen LogP contribution >= 0.6 is 11.6 Å². The van der Waals surface area contributed by atoms with Gasteiger partial charge < -0.3 is 5.32 Å². The third-order valence-electron chi connectivity index (χ3n) is 3.89. The molecule has 0 aromatic heterocycles. The summed E-state index contributed by atoms with van der Waals surface area (Å²) in [4.78, 5) is 23.2. The molecule has 0 spiro atoms. The number of hydrogen-bond acceptors (Lipinski definition) is 3. The van der Waals surface area contributed by atoms with Crippen LogP contribution in [-0.2, 0) is 11.2 Å². The first-order chi connectivity index (χ1) is 12.0. The van der Waals surface area contributed by atoms with Gasteiger partial charge in [0.1, 0.15) is 0 Å². The van der Waals surface area contributed by atoms with Crippen LogP contribution in [0.4, 0.5) is 5.69 Å². The lowest BCUT2D eigenvalue weighted by molar-refractivity contribution is -0.129. The van der Waals surface area contributed by atoms with Crippen LogP contribution in [0.2, 0.25) is 5.02 Å². The highest BCUT2D eigenvalue weighted by Crippen LogP contribution is 2.17. The predicted molar refractivity (Wildman–Crippen MR) is 97.9 cm³/mol. The summed E-state index contributed by atoms with van der Waals surface area (Å²) < 4.78 is 0. The van der Waals surface area contributed by atoms with Crippen LogP contribution in [0.1, 0.15) is 35.7 Å². The smallest absolute Gasteiger partial charge is 0.255 e. The lowest BCUT2D eigenvalue weighted by Gasteiger charge is -2.11. The summed E-state index contributed by atoms with van der Waals surface area (Å²) in [6, 6.07) is 14.3. The number of rotatable bonds is 7. The zero-order chi connectivity index (χ0) is 18.2.